The van der Waals surface area contributed by atoms with Crippen molar-refractivity contribution in [3.8, 4) is 10.6 Å². The Kier molecular flexibility index (Phi) is 6.68. The first-order valence-electron chi connectivity index (χ1n) is 9.83. The summed E-state index contributed by atoms with van der Waals surface area (Å²) in [6.07, 6.45) is -0.105. The minimum absolute atomic E-state index is 0.00855. The van der Waals surface area contributed by atoms with E-state index >= 15 is 0 Å². The van der Waals surface area contributed by atoms with Gasteiger partial charge in [-0.05, 0) is 36.4 Å². The number of benzene rings is 2. The first-order chi connectivity index (χ1) is 15.8. The molecule has 3 N–H and O–H groups in total. The predicted octanol–water partition coefficient (Wildman–Crippen LogP) is 3.25. The summed E-state index contributed by atoms with van der Waals surface area (Å²) in [5.41, 5.74) is 7.00. The first kappa shape index (κ1) is 22.8. The number of morpholine rings is 1. The van der Waals surface area contributed by atoms with E-state index in [1.807, 2.05) is 0 Å². The van der Waals surface area contributed by atoms with Crippen molar-refractivity contribution in [3.63, 3.8) is 0 Å². The molecule has 0 unspecified atom stereocenters. The van der Waals surface area contributed by atoms with Crippen LogP contribution >= 0.6 is 22.9 Å². The van der Waals surface area contributed by atoms with Crippen molar-refractivity contribution in [2.45, 2.75) is 6.42 Å². The Morgan fingerprint density at radius 1 is 1.27 bits per heavy atom. The fourth-order valence-corrected chi connectivity index (χ4v) is 4.36. The molecular formula is C22H18ClFN4O4S. The van der Waals surface area contributed by atoms with Gasteiger partial charge in [0.25, 0.3) is 5.91 Å². The van der Waals surface area contributed by atoms with Gasteiger partial charge >= 0.3 is 0 Å². The van der Waals surface area contributed by atoms with E-state index in [2.05, 4.69) is 10.3 Å². The maximum atomic E-state index is 14.6. The maximum absolute atomic E-state index is 14.6. The van der Waals surface area contributed by atoms with Crippen molar-refractivity contribution in [1.82, 2.24) is 4.98 Å². The molecule has 4 rings (SSSR count). The zero-order valence-electron chi connectivity index (χ0n) is 17.1. The molecule has 1 aliphatic rings. The molecule has 0 radical (unpaired) electrons. The van der Waals surface area contributed by atoms with E-state index in [1.54, 1.807) is 23.6 Å². The molecule has 11 heteroatoms. The second-order valence-electron chi connectivity index (χ2n) is 7.19. The lowest BCUT2D eigenvalue weighted by Crippen LogP contribution is -2.41. The molecular weight excluding hydrogens is 471 g/mol. The lowest BCUT2D eigenvalue weighted by Gasteiger charge is -2.27. The Balaban J connectivity index is 1.45. The third kappa shape index (κ3) is 5.19. The average Bonchev–Trinajstić information content (AvgIpc) is 3.23. The number of nitrogens with zero attached hydrogens (tertiary/aromatic N) is 2. The van der Waals surface area contributed by atoms with Crippen molar-refractivity contribution >= 4 is 52.0 Å². The molecule has 170 valence electrons. The van der Waals surface area contributed by atoms with E-state index in [-0.39, 0.29) is 30.2 Å². The van der Waals surface area contributed by atoms with E-state index in [1.165, 1.54) is 34.4 Å². The van der Waals surface area contributed by atoms with E-state index < -0.39 is 17.6 Å². The van der Waals surface area contributed by atoms with Gasteiger partial charge in [-0.1, -0.05) is 11.6 Å². The summed E-state index contributed by atoms with van der Waals surface area (Å²) in [6, 6.07) is 8.83. The molecule has 0 aliphatic carbocycles. The Hall–Kier alpha value is -3.34. The van der Waals surface area contributed by atoms with Crippen molar-refractivity contribution < 1.29 is 23.5 Å². The van der Waals surface area contributed by atoms with Crippen molar-refractivity contribution in [3.05, 3.63) is 63.9 Å². The van der Waals surface area contributed by atoms with Gasteiger partial charge in [-0.15, -0.1) is 11.3 Å². The average molecular weight is 489 g/mol. The van der Waals surface area contributed by atoms with Crippen LogP contribution in [0.25, 0.3) is 10.6 Å². The number of nitrogens with one attached hydrogen (secondary N) is 1. The minimum atomic E-state index is -0.663. The van der Waals surface area contributed by atoms with E-state index in [9.17, 15) is 18.8 Å². The van der Waals surface area contributed by atoms with Gasteiger partial charge in [0.1, 0.15) is 17.4 Å². The van der Waals surface area contributed by atoms with Crippen LogP contribution in [0.4, 0.5) is 15.8 Å². The summed E-state index contributed by atoms with van der Waals surface area (Å²) in [4.78, 5) is 41.9. The molecule has 0 atom stereocenters. The fourth-order valence-electron chi connectivity index (χ4n) is 3.34. The number of thiazole rings is 1. The molecule has 2 heterocycles. The van der Waals surface area contributed by atoms with E-state index in [0.29, 0.717) is 40.1 Å². The summed E-state index contributed by atoms with van der Waals surface area (Å²) in [5, 5.41) is 5.09. The highest BCUT2D eigenvalue weighted by atomic mass is 35.5. The second-order valence-corrected chi connectivity index (χ2v) is 8.48. The van der Waals surface area contributed by atoms with E-state index in [0.717, 1.165) is 0 Å². The normalized spacial score (nSPS) is 13.8. The number of nitrogens with two attached hydrogens (primary N) is 1. The third-order valence-corrected chi connectivity index (χ3v) is 6.05. The van der Waals surface area contributed by atoms with Crippen LogP contribution in [0.5, 0.6) is 0 Å². The number of hydrogen-bond donors (Lipinski definition) is 2. The molecule has 3 aromatic rings. The lowest BCUT2D eigenvalue weighted by atomic mass is 10.1. The predicted molar refractivity (Wildman–Crippen MR) is 123 cm³/mol. The minimum Gasteiger partial charge on any atom is -0.370 e. The number of aromatic nitrogens is 1. The summed E-state index contributed by atoms with van der Waals surface area (Å²) in [7, 11) is 0. The molecule has 0 bridgehead atoms. The number of hydrogen-bond acceptors (Lipinski definition) is 6. The first-order valence-corrected chi connectivity index (χ1v) is 11.1. The summed E-state index contributed by atoms with van der Waals surface area (Å²) < 4.78 is 19.6. The van der Waals surface area contributed by atoms with Crippen LogP contribution in [0.2, 0.25) is 5.02 Å². The van der Waals surface area contributed by atoms with Crippen molar-refractivity contribution in [1.29, 1.82) is 0 Å². The lowest BCUT2D eigenvalue weighted by molar-refractivity contribution is -0.125. The Labute approximate surface area is 197 Å². The second kappa shape index (κ2) is 9.65. The van der Waals surface area contributed by atoms with Crippen LogP contribution in [0, 0.1) is 5.82 Å². The zero-order chi connectivity index (χ0) is 23.5. The Morgan fingerprint density at radius 2 is 2.09 bits per heavy atom. The Morgan fingerprint density at radius 3 is 2.82 bits per heavy atom. The molecule has 1 aliphatic heterocycles. The number of carbonyl (C=O) groups is 3. The van der Waals surface area contributed by atoms with Gasteiger partial charge in [-0.25, -0.2) is 9.37 Å². The molecule has 1 saturated heterocycles. The van der Waals surface area contributed by atoms with Gasteiger partial charge in [-0.3, -0.25) is 14.4 Å². The number of ether oxygens (including phenoxy) is 1. The molecule has 2 aromatic carbocycles. The fraction of sp³-hybridized carbons (Fsp3) is 0.182. The number of amides is 3. The highest BCUT2D eigenvalue weighted by Crippen LogP contribution is 2.30. The van der Waals surface area contributed by atoms with Crippen LogP contribution < -0.4 is 16.0 Å². The van der Waals surface area contributed by atoms with Gasteiger partial charge < -0.3 is 20.7 Å². The quantitative estimate of drug-likeness (QED) is 0.552. The Bertz CT molecular complexity index is 1250. The zero-order valence-corrected chi connectivity index (χ0v) is 18.7. The largest absolute Gasteiger partial charge is 0.370 e. The van der Waals surface area contributed by atoms with E-state index in [4.69, 9.17) is 22.1 Å². The number of primary amides is 1. The van der Waals surface area contributed by atoms with Crippen LogP contribution in [0.1, 0.15) is 16.1 Å². The van der Waals surface area contributed by atoms with Gasteiger partial charge in [0.05, 0.1) is 24.4 Å². The molecule has 1 aromatic heterocycles. The van der Waals surface area contributed by atoms with Gasteiger partial charge in [-0.2, -0.15) is 0 Å². The number of anilines is 2. The van der Waals surface area contributed by atoms with Gasteiger partial charge in [0.2, 0.25) is 11.8 Å². The van der Waals surface area contributed by atoms with Crippen LogP contribution in [0.15, 0.2) is 41.8 Å². The summed E-state index contributed by atoms with van der Waals surface area (Å²) in [6.45, 7) is 0.656. The molecule has 3 amide bonds. The molecule has 0 spiro atoms. The van der Waals surface area contributed by atoms with Crippen LogP contribution in [-0.4, -0.2) is 42.5 Å². The van der Waals surface area contributed by atoms with Crippen LogP contribution in [0.3, 0.4) is 0 Å². The number of halogens is 2. The number of carbonyl (C=O) groups excluding carboxylic acids is 3. The maximum Gasteiger partial charge on any atom is 0.253 e. The topological polar surface area (TPSA) is 115 Å². The summed E-state index contributed by atoms with van der Waals surface area (Å²) in [5.74, 6) is -2.00. The monoisotopic (exact) mass is 488 g/mol. The standard InChI is InChI=1S/C22H18ClFN4O4S/c23-12-1-3-15(21(25)31)16(7-12)22-26-13(11-33-22)8-19(29)27-18-4-2-14(9-17(18)24)28-5-6-32-10-20(28)30/h1-4,7,9,11H,5-6,8,10H2,(H2,25,31)(H,27,29). The molecule has 33 heavy (non-hydrogen) atoms. The highest BCUT2D eigenvalue weighted by molar-refractivity contribution is 7.13. The highest BCUT2D eigenvalue weighted by Gasteiger charge is 2.21. The van der Waals surface area contributed by atoms with Crippen molar-refractivity contribution in [2.24, 2.45) is 5.73 Å². The molecule has 1 fully saturated rings. The molecule has 8 nitrogen and oxygen atoms in total. The summed E-state index contributed by atoms with van der Waals surface area (Å²) >= 11 is 7.27. The van der Waals surface area contributed by atoms with Gasteiger partial charge in [0.15, 0.2) is 0 Å². The SMILES string of the molecule is NC(=O)c1ccc(Cl)cc1-c1nc(CC(=O)Nc2ccc(N3CCOCC3=O)cc2F)cs1. The van der Waals surface area contributed by atoms with Crippen molar-refractivity contribution in [2.75, 3.05) is 30.0 Å². The van der Waals surface area contributed by atoms with Gasteiger partial charge in [0, 0.05) is 33.8 Å². The van der Waals surface area contributed by atoms with Crippen LogP contribution in [-0.2, 0) is 20.7 Å². The number of rotatable bonds is 6. The molecule has 0 saturated carbocycles. The third-order valence-electron chi connectivity index (χ3n) is 4.90. The smallest absolute Gasteiger partial charge is 0.253 e.